The summed E-state index contributed by atoms with van der Waals surface area (Å²) in [5.74, 6) is -0.540. The molecule has 0 spiro atoms. The molecule has 0 radical (unpaired) electrons. The molecule has 0 amide bonds. The lowest BCUT2D eigenvalue weighted by atomic mass is 9.92. The average Bonchev–Trinajstić information content (AvgIpc) is 3.20. The van der Waals surface area contributed by atoms with E-state index in [4.69, 9.17) is 81.2 Å². The van der Waals surface area contributed by atoms with Crippen LogP contribution in [0, 0.1) is 0 Å². The molecule has 7 aromatic rings. The van der Waals surface area contributed by atoms with Crippen molar-refractivity contribution in [3.8, 4) is 40.2 Å². The van der Waals surface area contributed by atoms with Gasteiger partial charge in [0, 0.05) is 129 Å². The van der Waals surface area contributed by atoms with Crippen molar-refractivity contribution >= 4 is 81.2 Å². The van der Waals surface area contributed by atoms with Gasteiger partial charge in [0.2, 0.25) is 0 Å². The van der Waals surface area contributed by atoms with Gasteiger partial charge in [-0.25, -0.2) is 0 Å². The second-order valence-electron chi connectivity index (χ2n) is 15.0. The Morgan fingerprint density at radius 1 is 0.226 bits per heavy atom. The van der Waals surface area contributed by atoms with Gasteiger partial charge in [-0.3, -0.25) is 0 Å². The van der Waals surface area contributed by atoms with E-state index in [1.807, 2.05) is 0 Å². The summed E-state index contributed by atoms with van der Waals surface area (Å²) in [5.41, 5.74) is 4.83. The monoisotopic (exact) mass is 968 g/mol. The van der Waals surface area contributed by atoms with Crippen LogP contribution >= 0.6 is 81.2 Å². The largest absolute Gasteiger partial charge is 0.508 e. The number of hydrogen-bond acceptors (Lipinski definition) is 7. The molecule has 7 aromatic carbocycles. The van der Waals surface area contributed by atoms with Crippen molar-refractivity contribution in [1.82, 2.24) is 0 Å². The molecule has 0 atom stereocenters. The van der Waals surface area contributed by atoms with Crippen molar-refractivity contribution in [2.45, 2.75) is 38.5 Å². The molecule has 0 aliphatic rings. The fourth-order valence-corrected chi connectivity index (χ4v) is 9.26. The van der Waals surface area contributed by atoms with Crippen LogP contribution in [-0.2, 0) is 38.5 Å². The van der Waals surface area contributed by atoms with E-state index in [9.17, 15) is 35.7 Å². The molecule has 0 heterocycles. The van der Waals surface area contributed by atoms with Crippen LogP contribution in [0.1, 0.15) is 66.8 Å². The van der Waals surface area contributed by atoms with Crippen molar-refractivity contribution in [3.63, 3.8) is 0 Å². The van der Waals surface area contributed by atoms with Crippen LogP contribution in [0.3, 0.4) is 0 Å². The van der Waals surface area contributed by atoms with Crippen molar-refractivity contribution in [2.75, 3.05) is 0 Å². The second kappa shape index (κ2) is 18.9. The van der Waals surface area contributed by atoms with Gasteiger partial charge in [0.05, 0.1) is 0 Å². The van der Waals surface area contributed by atoms with Gasteiger partial charge in [-0.05, 0) is 108 Å². The zero-order chi connectivity index (χ0) is 44.6. The van der Waals surface area contributed by atoms with E-state index in [0.717, 1.165) is 0 Å². The maximum absolute atomic E-state index is 11.6. The van der Waals surface area contributed by atoms with Gasteiger partial charge in [-0.15, -0.1) is 0 Å². The van der Waals surface area contributed by atoms with Crippen LogP contribution in [0.4, 0.5) is 0 Å². The minimum Gasteiger partial charge on any atom is -0.508 e. The van der Waals surface area contributed by atoms with Crippen molar-refractivity contribution in [2.24, 2.45) is 0 Å². The molecule has 0 fully saturated rings. The van der Waals surface area contributed by atoms with Crippen LogP contribution in [-0.4, -0.2) is 35.7 Å². The molecule has 0 saturated heterocycles. The minimum absolute atomic E-state index is 0.00424. The third-order valence-electron chi connectivity index (χ3n) is 10.5. The van der Waals surface area contributed by atoms with Gasteiger partial charge in [-0.1, -0.05) is 81.2 Å². The molecule has 7 nitrogen and oxygen atoms in total. The standard InChI is InChI=1S/C48H35Cl7O7/c49-35-1-3-42(56)23(11-35)5-25-13-37(51)15-27(44(25)58)7-29-17-39(53)19-31(46(29)60)9-33-21-41(55)22-34(48(33)62)10-32-20-40(54)18-30(47(32)61)8-28-16-38(52)14-26(45(28)59)6-24-12-36(50)2-4-43(24)57/h1-4,11-22,56-62H,5-10H2. The van der Waals surface area contributed by atoms with Crippen molar-refractivity contribution in [1.29, 1.82) is 0 Å². The lowest BCUT2D eigenvalue weighted by Crippen LogP contribution is -2.00. The predicted octanol–water partition coefficient (Wildman–Crippen LogP) is 13.7. The quantitative estimate of drug-likeness (QED) is 0.0646. The molecule has 7 N–H and O–H groups in total. The molecule has 0 unspecified atom stereocenters. The molecule has 318 valence electrons. The van der Waals surface area contributed by atoms with Crippen molar-refractivity contribution in [3.05, 3.63) is 199 Å². The fraction of sp³-hybridized carbons (Fsp3) is 0.125. The van der Waals surface area contributed by atoms with E-state index in [0.29, 0.717) is 86.9 Å². The highest BCUT2D eigenvalue weighted by Gasteiger charge is 2.21. The van der Waals surface area contributed by atoms with Crippen LogP contribution in [0.15, 0.2) is 97.1 Å². The molecule has 0 aliphatic carbocycles. The number of hydrogen-bond donors (Lipinski definition) is 7. The fourth-order valence-electron chi connectivity index (χ4n) is 7.56. The number of aromatic hydroxyl groups is 7. The number of rotatable bonds is 12. The SMILES string of the molecule is Oc1ccc(Cl)cc1Cc1cc(Cl)cc(Cc2cc(Cl)cc(Cc3cc(Cl)cc(Cc4cc(Cl)cc(Cc5cc(Cl)cc(Cc6cc(Cl)ccc6O)c5O)c4O)c3O)c2O)c1O. The first kappa shape index (κ1) is 45.2. The minimum atomic E-state index is -0.140. The molecule has 14 heteroatoms. The van der Waals surface area contributed by atoms with Gasteiger partial charge < -0.3 is 35.7 Å². The summed E-state index contributed by atoms with van der Waals surface area (Å²) in [6.45, 7) is 0. The zero-order valence-corrected chi connectivity index (χ0v) is 37.5. The Morgan fingerprint density at radius 3 is 0.581 bits per heavy atom. The first-order valence-electron chi connectivity index (χ1n) is 18.9. The van der Waals surface area contributed by atoms with E-state index in [1.165, 1.54) is 12.1 Å². The van der Waals surface area contributed by atoms with Crippen LogP contribution in [0.2, 0.25) is 35.2 Å². The van der Waals surface area contributed by atoms with E-state index in [-0.39, 0.29) is 93.8 Å². The summed E-state index contributed by atoms with van der Waals surface area (Å²) in [6, 6.07) is 25.0. The Morgan fingerprint density at radius 2 is 0.387 bits per heavy atom. The molecular formula is C48H35Cl7O7. The lowest BCUT2D eigenvalue weighted by Gasteiger charge is -2.17. The molecular weight excluding hydrogens is 937 g/mol. The molecule has 62 heavy (non-hydrogen) atoms. The maximum atomic E-state index is 11.6. The maximum Gasteiger partial charge on any atom is 0.122 e. The molecule has 0 aromatic heterocycles. The van der Waals surface area contributed by atoms with Crippen LogP contribution < -0.4 is 0 Å². The Balaban J connectivity index is 1.15. The van der Waals surface area contributed by atoms with Gasteiger partial charge in [0.25, 0.3) is 0 Å². The third-order valence-corrected chi connectivity index (χ3v) is 12.1. The third kappa shape index (κ3) is 10.3. The zero-order valence-electron chi connectivity index (χ0n) is 32.3. The van der Waals surface area contributed by atoms with E-state index >= 15 is 0 Å². The molecule has 0 bridgehead atoms. The first-order chi connectivity index (χ1) is 29.4. The predicted molar refractivity (Wildman–Crippen MR) is 249 cm³/mol. The number of phenols is 7. The smallest absolute Gasteiger partial charge is 0.122 e. The average molecular weight is 972 g/mol. The Kier molecular flexibility index (Phi) is 13.8. The summed E-state index contributed by atoms with van der Waals surface area (Å²) in [7, 11) is 0. The number of halogens is 7. The highest BCUT2D eigenvalue weighted by Crippen LogP contribution is 2.41. The van der Waals surface area contributed by atoms with Gasteiger partial charge >= 0.3 is 0 Å². The van der Waals surface area contributed by atoms with Crippen LogP contribution in [0.5, 0.6) is 40.2 Å². The Bertz CT molecular complexity index is 2690. The first-order valence-corrected chi connectivity index (χ1v) is 21.5. The Labute approximate surface area is 392 Å². The molecule has 7 rings (SSSR count). The summed E-state index contributed by atoms with van der Waals surface area (Å²) in [6.07, 6.45) is 0.319. The molecule has 0 aliphatic heterocycles. The number of phenolic OH excluding ortho intramolecular Hbond substituents is 7. The topological polar surface area (TPSA) is 142 Å². The lowest BCUT2D eigenvalue weighted by molar-refractivity contribution is 0.452. The highest BCUT2D eigenvalue weighted by molar-refractivity contribution is 6.32. The summed E-state index contributed by atoms with van der Waals surface area (Å²) in [5, 5.41) is 80.5. The number of benzene rings is 7. The normalized spacial score (nSPS) is 11.3. The Hall–Kier alpha value is -4.83. The molecule has 0 saturated carbocycles. The van der Waals surface area contributed by atoms with Gasteiger partial charge in [0.15, 0.2) is 0 Å². The van der Waals surface area contributed by atoms with E-state index < -0.39 is 0 Å². The van der Waals surface area contributed by atoms with Crippen LogP contribution in [0.25, 0.3) is 0 Å². The van der Waals surface area contributed by atoms with E-state index in [1.54, 1.807) is 84.9 Å². The van der Waals surface area contributed by atoms with E-state index in [2.05, 4.69) is 0 Å². The van der Waals surface area contributed by atoms with Gasteiger partial charge in [0.1, 0.15) is 40.2 Å². The second-order valence-corrected chi connectivity index (χ2v) is 18.0. The summed E-state index contributed by atoms with van der Waals surface area (Å²) < 4.78 is 0. The highest BCUT2D eigenvalue weighted by atomic mass is 35.5. The van der Waals surface area contributed by atoms with Crippen molar-refractivity contribution < 1.29 is 35.7 Å². The summed E-state index contributed by atoms with van der Waals surface area (Å²) in [4.78, 5) is 0. The summed E-state index contributed by atoms with van der Waals surface area (Å²) >= 11 is 45.0. The van der Waals surface area contributed by atoms with Gasteiger partial charge in [-0.2, -0.15) is 0 Å².